The lowest BCUT2D eigenvalue weighted by Gasteiger charge is -2.13. The van der Waals surface area contributed by atoms with Crippen molar-refractivity contribution in [3.63, 3.8) is 0 Å². The zero-order chi connectivity index (χ0) is 22.4. The minimum Gasteiger partial charge on any atom is -0.495 e. The zero-order valence-corrected chi connectivity index (χ0v) is 19.1. The molecule has 3 aromatic rings. The van der Waals surface area contributed by atoms with E-state index in [2.05, 4.69) is 20.2 Å². The molecule has 1 aromatic heterocycles. The van der Waals surface area contributed by atoms with Gasteiger partial charge >= 0.3 is 0 Å². The Labute approximate surface area is 185 Å². The molecule has 0 saturated carbocycles. The van der Waals surface area contributed by atoms with E-state index in [-0.39, 0.29) is 16.2 Å². The van der Waals surface area contributed by atoms with E-state index in [1.807, 2.05) is 26.0 Å². The molecule has 0 bridgehead atoms. The lowest BCUT2D eigenvalue weighted by atomic mass is 10.2. The Bertz CT molecular complexity index is 1160. The second kappa shape index (κ2) is 9.88. The number of aryl methyl sites for hydroxylation is 2. The third-order valence-electron chi connectivity index (χ3n) is 4.48. The van der Waals surface area contributed by atoms with Gasteiger partial charge in [0.2, 0.25) is 5.13 Å². The number of carbonyl (C=O) groups excluding carboxylic acids is 1. The Kier molecular flexibility index (Phi) is 7.24. The van der Waals surface area contributed by atoms with Gasteiger partial charge in [-0.05, 0) is 48.7 Å². The highest BCUT2D eigenvalue weighted by Crippen LogP contribution is 2.28. The fraction of sp³-hybridized carbons (Fsp3) is 0.286. The van der Waals surface area contributed by atoms with Crippen molar-refractivity contribution in [3.05, 3.63) is 58.6 Å². The van der Waals surface area contributed by atoms with Crippen molar-refractivity contribution >= 4 is 38.1 Å². The standard InChI is InChI=1S/C21H24N4O4S2/c1-4-6-19-23-24-21(30-19)22-20(26)15-9-12-17(29-3)18(13-15)31(27,28)25-16-10-7-14(5-2)8-11-16/h7-13,25H,4-6H2,1-3H3,(H,22,24,26). The fourth-order valence-electron chi connectivity index (χ4n) is 2.83. The molecule has 0 aliphatic heterocycles. The first-order valence-electron chi connectivity index (χ1n) is 9.79. The van der Waals surface area contributed by atoms with Crippen LogP contribution in [-0.2, 0) is 22.9 Å². The number of hydrogen-bond acceptors (Lipinski definition) is 7. The van der Waals surface area contributed by atoms with E-state index in [9.17, 15) is 13.2 Å². The fourth-order valence-corrected chi connectivity index (χ4v) is 4.93. The number of aromatic nitrogens is 2. The van der Waals surface area contributed by atoms with Gasteiger partial charge in [-0.1, -0.05) is 37.3 Å². The molecule has 3 rings (SSSR count). The van der Waals surface area contributed by atoms with Crippen molar-refractivity contribution in [2.45, 2.75) is 38.0 Å². The molecule has 0 unspecified atom stereocenters. The summed E-state index contributed by atoms with van der Waals surface area (Å²) in [6, 6.07) is 11.3. The summed E-state index contributed by atoms with van der Waals surface area (Å²) in [5, 5.41) is 11.8. The van der Waals surface area contributed by atoms with Gasteiger partial charge in [-0.15, -0.1) is 10.2 Å². The molecule has 2 N–H and O–H groups in total. The third kappa shape index (κ3) is 5.59. The van der Waals surface area contributed by atoms with Crippen molar-refractivity contribution in [2.75, 3.05) is 17.1 Å². The molecular weight excluding hydrogens is 436 g/mol. The molecule has 0 spiro atoms. The quantitative estimate of drug-likeness (QED) is 0.497. The first kappa shape index (κ1) is 22.7. The molecule has 0 saturated heterocycles. The predicted octanol–water partition coefficient (Wildman–Crippen LogP) is 4.11. The van der Waals surface area contributed by atoms with Crippen LogP contribution in [0.3, 0.4) is 0 Å². The van der Waals surface area contributed by atoms with Crippen molar-refractivity contribution in [3.8, 4) is 5.75 Å². The molecule has 31 heavy (non-hydrogen) atoms. The number of hydrogen-bond donors (Lipinski definition) is 2. The summed E-state index contributed by atoms with van der Waals surface area (Å²) in [6.07, 6.45) is 2.56. The predicted molar refractivity (Wildman–Crippen MR) is 121 cm³/mol. The molecule has 0 atom stereocenters. The molecule has 0 aliphatic rings. The number of anilines is 2. The number of benzene rings is 2. The van der Waals surface area contributed by atoms with E-state index in [4.69, 9.17) is 4.74 Å². The van der Waals surface area contributed by atoms with Crippen molar-refractivity contribution < 1.29 is 17.9 Å². The highest BCUT2D eigenvalue weighted by atomic mass is 32.2. The van der Waals surface area contributed by atoms with Crippen LogP contribution in [0.15, 0.2) is 47.4 Å². The van der Waals surface area contributed by atoms with E-state index in [0.29, 0.717) is 10.8 Å². The third-order valence-corrected chi connectivity index (χ3v) is 6.78. The summed E-state index contributed by atoms with van der Waals surface area (Å²) < 4.78 is 33.8. The lowest BCUT2D eigenvalue weighted by molar-refractivity contribution is 0.102. The summed E-state index contributed by atoms with van der Waals surface area (Å²) in [7, 11) is -2.61. The summed E-state index contributed by atoms with van der Waals surface area (Å²) in [6.45, 7) is 4.05. The number of rotatable bonds is 9. The number of nitrogens with zero attached hydrogens (tertiary/aromatic N) is 2. The molecule has 0 aliphatic carbocycles. The highest BCUT2D eigenvalue weighted by Gasteiger charge is 2.22. The van der Waals surface area contributed by atoms with Gasteiger partial charge < -0.3 is 4.74 Å². The van der Waals surface area contributed by atoms with E-state index in [1.165, 1.54) is 36.6 Å². The monoisotopic (exact) mass is 460 g/mol. The SMILES string of the molecule is CCCc1nnc(NC(=O)c2ccc(OC)c(S(=O)(=O)Nc3ccc(CC)cc3)c2)s1. The topological polar surface area (TPSA) is 110 Å². The van der Waals surface area contributed by atoms with E-state index < -0.39 is 15.9 Å². The van der Waals surface area contributed by atoms with Crippen LogP contribution >= 0.6 is 11.3 Å². The minimum absolute atomic E-state index is 0.133. The van der Waals surface area contributed by atoms with E-state index in [0.717, 1.165) is 29.8 Å². The molecule has 0 fully saturated rings. The van der Waals surface area contributed by atoms with Crippen molar-refractivity contribution in [1.29, 1.82) is 0 Å². The molecule has 10 heteroatoms. The Hall–Kier alpha value is -2.98. The first-order chi connectivity index (χ1) is 14.9. The maximum Gasteiger partial charge on any atom is 0.265 e. The van der Waals surface area contributed by atoms with Gasteiger partial charge in [0.15, 0.2) is 0 Å². The Morgan fingerprint density at radius 2 is 1.84 bits per heavy atom. The second-order valence-electron chi connectivity index (χ2n) is 6.73. The molecule has 2 aromatic carbocycles. The highest BCUT2D eigenvalue weighted by molar-refractivity contribution is 7.92. The number of amides is 1. The van der Waals surface area contributed by atoms with Gasteiger partial charge in [0.05, 0.1) is 7.11 Å². The van der Waals surface area contributed by atoms with Crippen molar-refractivity contribution in [1.82, 2.24) is 10.2 Å². The van der Waals surface area contributed by atoms with Crippen LogP contribution in [-0.4, -0.2) is 31.6 Å². The number of methoxy groups -OCH3 is 1. The van der Waals surface area contributed by atoms with Crippen LogP contribution in [0.4, 0.5) is 10.8 Å². The molecule has 1 amide bonds. The molecular formula is C21H24N4O4S2. The number of carbonyl (C=O) groups is 1. The summed E-state index contributed by atoms with van der Waals surface area (Å²) in [5.74, 6) is -0.346. The average Bonchev–Trinajstić information content (AvgIpc) is 3.20. The van der Waals surface area contributed by atoms with Crippen LogP contribution in [0.5, 0.6) is 5.75 Å². The summed E-state index contributed by atoms with van der Waals surface area (Å²) in [5.41, 5.74) is 1.68. The van der Waals surface area contributed by atoms with Gasteiger partial charge in [0.25, 0.3) is 15.9 Å². The van der Waals surface area contributed by atoms with Crippen LogP contribution < -0.4 is 14.8 Å². The van der Waals surface area contributed by atoms with Crippen LogP contribution in [0, 0.1) is 0 Å². The van der Waals surface area contributed by atoms with Crippen molar-refractivity contribution in [2.24, 2.45) is 0 Å². The van der Waals surface area contributed by atoms with Gasteiger partial charge in [0.1, 0.15) is 15.7 Å². The molecule has 164 valence electrons. The zero-order valence-electron chi connectivity index (χ0n) is 17.5. The number of ether oxygens (including phenoxy) is 1. The normalized spacial score (nSPS) is 11.2. The lowest BCUT2D eigenvalue weighted by Crippen LogP contribution is -2.17. The van der Waals surface area contributed by atoms with Crippen LogP contribution in [0.25, 0.3) is 0 Å². The largest absolute Gasteiger partial charge is 0.495 e. The molecule has 0 radical (unpaired) electrons. The van der Waals surface area contributed by atoms with Gasteiger partial charge in [-0.2, -0.15) is 0 Å². The summed E-state index contributed by atoms with van der Waals surface area (Å²) in [4.78, 5) is 12.5. The maximum atomic E-state index is 13.0. The first-order valence-corrected chi connectivity index (χ1v) is 12.1. The van der Waals surface area contributed by atoms with Crippen LogP contribution in [0.2, 0.25) is 0 Å². The Morgan fingerprint density at radius 1 is 1.10 bits per heavy atom. The smallest absolute Gasteiger partial charge is 0.265 e. The minimum atomic E-state index is -3.99. The average molecular weight is 461 g/mol. The van der Waals surface area contributed by atoms with E-state index in [1.54, 1.807) is 12.1 Å². The number of sulfonamides is 1. The number of nitrogens with one attached hydrogen (secondary N) is 2. The molecule has 8 nitrogen and oxygen atoms in total. The summed E-state index contributed by atoms with van der Waals surface area (Å²) >= 11 is 1.29. The Balaban J connectivity index is 1.85. The van der Waals surface area contributed by atoms with E-state index >= 15 is 0 Å². The van der Waals surface area contributed by atoms with Crippen LogP contribution in [0.1, 0.15) is 41.2 Å². The maximum absolute atomic E-state index is 13.0. The second-order valence-corrected chi connectivity index (χ2v) is 9.44. The van der Waals surface area contributed by atoms with Gasteiger partial charge in [-0.25, -0.2) is 8.42 Å². The molecule has 1 heterocycles. The van der Waals surface area contributed by atoms with Gasteiger partial charge in [-0.3, -0.25) is 14.8 Å². The van der Waals surface area contributed by atoms with Gasteiger partial charge in [0, 0.05) is 17.7 Å². The Morgan fingerprint density at radius 3 is 2.48 bits per heavy atom.